The molecular weight excluding hydrogens is 443 g/mol. The van der Waals surface area contributed by atoms with Crippen molar-refractivity contribution in [3.05, 3.63) is 0 Å². The van der Waals surface area contributed by atoms with Crippen LogP contribution in [0, 0.1) is 5.92 Å². The maximum absolute atomic E-state index is 11.9. The molecule has 0 aromatic rings. The highest BCUT2D eigenvalue weighted by Gasteiger charge is 2.23. The Balaban J connectivity index is 4.15. The zero-order valence-electron chi connectivity index (χ0n) is 15.1. The van der Waals surface area contributed by atoms with E-state index in [2.05, 4.69) is 8.85 Å². The summed E-state index contributed by atoms with van der Waals surface area (Å²) in [5, 5.41) is 2.82. The number of alkyl carbamates (subject to hydrolysis) is 1. The molecule has 0 aromatic carbocycles. The van der Waals surface area contributed by atoms with Gasteiger partial charge in [0, 0.05) is 11.7 Å². The van der Waals surface area contributed by atoms with E-state index in [1.54, 1.807) is 43.6 Å². The molecule has 6 nitrogen and oxygen atoms in total. The first-order valence-corrected chi connectivity index (χ1v) is 10.2. The number of hydrogen-bond donors (Lipinski definition) is 2. The minimum absolute atomic E-state index is 0.0600. The summed E-state index contributed by atoms with van der Waals surface area (Å²) in [7, 11) is 0. The molecule has 0 fully saturated rings. The van der Waals surface area contributed by atoms with E-state index in [9.17, 15) is 14.4 Å². The van der Waals surface area contributed by atoms with E-state index in [0.717, 1.165) is 25.0 Å². The molecule has 140 valence electrons. The van der Waals surface area contributed by atoms with Gasteiger partial charge in [-0.3, -0.25) is 13.1 Å². The standard InChI is InChI=1S/C16H29IN2O4S/c1-11(2)14(21)24-10-8-6-7-9-12(13(20)19-17)18-15(22)23-16(3,4)5/h11-12H,6-10H2,1-5H3,(H,18,22)(H,19,20)/t12-/m0/s1. The minimum atomic E-state index is -0.610. The molecule has 0 spiro atoms. The van der Waals surface area contributed by atoms with E-state index in [1.807, 2.05) is 13.8 Å². The molecule has 0 aliphatic heterocycles. The van der Waals surface area contributed by atoms with Gasteiger partial charge < -0.3 is 10.1 Å². The van der Waals surface area contributed by atoms with Gasteiger partial charge in [-0.2, -0.15) is 0 Å². The Labute approximate surface area is 163 Å². The SMILES string of the molecule is CC(C)C(=O)SCCCCC[C@H](NC(=O)OC(C)(C)C)C(=O)NI. The zero-order valence-corrected chi connectivity index (χ0v) is 18.1. The first kappa shape index (κ1) is 23.5. The van der Waals surface area contributed by atoms with Crippen molar-refractivity contribution < 1.29 is 19.1 Å². The molecule has 0 saturated carbocycles. The van der Waals surface area contributed by atoms with E-state index < -0.39 is 17.7 Å². The Hall–Kier alpha value is -0.510. The molecule has 0 unspecified atom stereocenters. The predicted octanol–water partition coefficient (Wildman–Crippen LogP) is 3.82. The van der Waals surface area contributed by atoms with Crippen molar-refractivity contribution in [3.8, 4) is 0 Å². The fourth-order valence-corrected chi connectivity index (χ4v) is 3.01. The number of hydrogen-bond acceptors (Lipinski definition) is 5. The van der Waals surface area contributed by atoms with Gasteiger partial charge in [0.25, 0.3) is 5.91 Å². The second-order valence-electron chi connectivity index (χ2n) is 6.83. The van der Waals surface area contributed by atoms with Crippen molar-refractivity contribution in [2.24, 2.45) is 5.92 Å². The van der Waals surface area contributed by atoms with E-state index in [-0.39, 0.29) is 16.9 Å². The van der Waals surface area contributed by atoms with Crippen LogP contribution in [-0.2, 0) is 14.3 Å². The Kier molecular flexibility index (Phi) is 11.7. The number of amides is 2. The second-order valence-corrected chi connectivity index (χ2v) is 8.47. The van der Waals surface area contributed by atoms with Crippen molar-refractivity contribution in [2.45, 2.75) is 71.9 Å². The van der Waals surface area contributed by atoms with Gasteiger partial charge in [0.1, 0.15) is 11.6 Å². The summed E-state index contributed by atoms with van der Waals surface area (Å²) in [6.45, 7) is 9.11. The average molecular weight is 472 g/mol. The van der Waals surface area contributed by atoms with Crippen LogP contribution in [0.3, 0.4) is 0 Å². The third kappa shape index (κ3) is 11.9. The highest BCUT2D eigenvalue weighted by molar-refractivity contribution is 14.1. The highest BCUT2D eigenvalue weighted by atomic mass is 127. The van der Waals surface area contributed by atoms with Crippen LogP contribution in [0.2, 0.25) is 0 Å². The fourth-order valence-electron chi connectivity index (χ4n) is 1.75. The lowest BCUT2D eigenvalue weighted by atomic mass is 10.1. The van der Waals surface area contributed by atoms with Gasteiger partial charge in [-0.1, -0.05) is 38.5 Å². The number of carbonyl (C=O) groups excluding carboxylic acids is 3. The van der Waals surface area contributed by atoms with E-state index in [0.29, 0.717) is 6.42 Å². The Morgan fingerprint density at radius 1 is 1.12 bits per heavy atom. The summed E-state index contributed by atoms with van der Waals surface area (Å²) in [6.07, 6.45) is 2.55. The largest absolute Gasteiger partial charge is 0.444 e. The van der Waals surface area contributed by atoms with Gasteiger partial charge >= 0.3 is 6.09 Å². The number of carbonyl (C=O) groups is 3. The van der Waals surface area contributed by atoms with Crippen LogP contribution in [0.15, 0.2) is 0 Å². The number of unbranched alkanes of at least 4 members (excludes halogenated alkanes) is 2. The third-order valence-electron chi connectivity index (χ3n) is 2.95. The van der Waals surface area contributed by atoms with Crippen LogP contribution >= 0.6 is 34.6 Å². The molecule has 24 heavy (non-hydrogen) atoms. The molecule has 0 radical (unpaired) electrons. The van der Waals surface area contributed by atoms with Crippen molar-refractivity contribution in [2.75, 3.05) is 5.75 Å². The maximum Gasteiger partial charge on any atom is 0.408 e. The van der Waals surface area contributed by atoms with Gasteiger partial charge in [-0.05, 0) is 33.6 Å². The van der Waals surface area contributed by atoms with Crippen LogP contribution in [0.5, 0.6) is 0 Å². The van der Waals surface area contributed by atoms with Gasteiger partial charge in [0.05, 0.1) is 22.9 Å². The molecule has 0 aromatic heterocycles. The van der Waals surface area contributed by atoms with Gasteiger partial charge in [0.15, 0.2) is 5.12 Å². The summed E-state index contributed by atoms with van der Waals surface area (Å²) in [4.78, 5) is 35.2. The molecule has 2 amide bonds. The van der Waals surface area contributed by atoms with Crippen molar-refractivity contribution in [1.82, 2.24) is 8.85 Å². The molecule has 0 heterocycles. The van der Waals surface area contributed by atoms with Crippen molar-refractivity contribution >= 4 is 51.7 Å². The predicted molar refractivity (Wildman–Crippen MR) is 106 cm³/mol. The monoisotopic (exact) mass is 472 g/mol. The maximum atomic E-state index is 11.9. The van der Waals surface area contributed by atoms with Crippen molar-refractivity contribution in [3.63, 3.8) is 0 Å². The Bertz CT molecular complexity index is 425. The number of ether oxygens (including phenoxy) is 1. The topological polar surface area (TPSA) is 84.5 Å². The van der Waals surface area contributed by atoms with E-state index in [1.165, 1.54) is 11.8 Å². The van der Waals surface area contributed by atoms with Crippen LogP contribution in [0.4, 0.5) is 4.79 Å². The lowest BCUT2D eigenvalue weighted by Crippen LogP contribution is -2.46. The lowest BCUT2D eigenvalue weighted by molar-refractivity contribution is -0.121. The molecule has 1 atom stereocenters. The van der Waals surface area contributed by atoms with Crippen LogP contribution in [-0.4, -0.2) is 34.5 Å². The third-order valence-corrected chi connectivity index (χ3v) is 4.73. The smallest absolute Gasteiger partial charge is 0.408 e. The molecule has 0 rings (SSSR count). The first-order chi connectivity index (χ1) is 11.1. The quantitative estimate of drug-likeness (QED) is 0.303. The highest BCUT2D eigenvalue weighted by Crippen LogP contribution is 2.14. The summed E-state index contributed by atoms with van der Waals surface area (Å²) < 4.78 is 7.71. The van der Waals surface area contributed by atoms with Gasteiger partial charge in [-0.15, -0.1) is 0 Å². The lowest BCUT2D eigenvalue weighted by Gasteiger charge is -2.22. The summed E-state index contributed by atoms with van der Waals surface area (Å²) >= 11 is 3.12. The number of rotatable bonds is 9. The number of nitrogens with one attached hydrogen (secondary N) is 2. The van der Waals surface area contributed by atoms with Crippen LogP contribution < -0.4 is 8.85 Å². The molecule has 0 aliphatic rings. The Morgan fingerprint density at radius 2 is 1.75 bits per heavy atom. The summed E-state index contributed by atoms with van der Waals surface area (Å²) in [5.41, 5.74) is -0.602. The molecule has 0 saturated heterocycles. The summed E-state index contributed by atoms with van der Waals surface area (Å²) in [5.74, 6) is 0.607. The van der Waals surface area contributed by atoms with E-state index in [4.69, 9.17) is 4.74 Å². The molecule has 2 N–H and O–H groups in total. The Morgan fingerprint density at radius 3 is 2.25 bits per heavy atom. The van der Waals surface area contributed by atoms with Crippen LogP contribution in [0.1, 0.15) is 60.3 Å². The molecular formula is C16H29IN2O4S. The molecule has 0 bridgehead atoms. The first-order valence-electron chi connectivity index (χ1n) is 8.13. The van der Waals surface area contributed by atoms with Gasteiger partial charge in [0.2, 0.25) is 0 Å². The fraction of sp³-hybridized carbons (Fsp3) is 0.812. The normalized spacial score (nSPS) is 12.6. The van der Waals surface area contributed by atoms with E-state index >= 15 is 0 Å². The minimum Gasteiger partial charge on any atom is -0.444 e. The second kappa shape index (κ2) is 11.9. The van der Waals surface area contributed by atoms with Gasteiger partial charge in [-0.25, -0.2) is 4.79 Å². The number of halogens is 1. The zero-order chi connectivity index (χ0) is 18.8. The van der Waals surface area contributed by atoms with Crippen LogP contribution in [0.25, 0.3) is 0 Å². The van der Waals surface area contributed by atoms with Crippen molar-refractivity contribution in [1.29, 1.82) is 0 Å². The molecule has 8 heteroatoms. The summed E-state index contributed by atoms with van der Waals surface area (Å²) in [6, 6.07) is -0.610. The average Bonchev–Trinajstić information content (AvgIpc) is 2.46. The molecule has 0 aliphatic carbocycles. The number of thioether (sulfide) groups is 1.